The lowest BCUT2D eigenvalue weighted by atomic mass is 9.93. The highest BCUT2D eigenvalue weighted by Gasteiger charge is 2.21. The van der Waals surface area contributed by atoms with Gasteiger partial charge in [0.1, 0.15) is 0 Å². The Hall–Kier alpha value is -0.870. The Morgan fingerprint density at radius 2 is 1.90 bits per heavy atom. The Kier molecular flexibility index (Phi) is 7.40. The first-order chi connectivity index (χ1) is 9.90. The number of hydrogen-bond donors (Lipinski definition) is 1. The first kappa shape index (κ1) is 18.2. The van der Waals surface area contributed by atoms with Crippen LogP contribution in [0.2, 0.25) is 0 Å². The molecule has 0 radical (unpaired) electrons. The molecular weight excluding hydrogens is 328 g/mol. The maximum atomic E-state index is 12.3. The van der Waals surface area contributed by atoms with E-state index in [1.807, 2.05) is 25.1 Å². The molecule has 0 aliphatic rings. The normalized spacial score (nSPS) is 12.8. The van der Waals surface area contributed by atoms with Crippen LogP contribution >= 0.6 is 15.9 Å². The Morgan fingerprint density at radius 3 is 2.38 bits per heavy atom. The number of aryl methyl sites for hydroxylation is 1. The SMILES string of the molecule is CCC(CC)C(CNC(=O)c1ccc(Br)c(C)c1)N(C)C. The van der Waals surface area contributed by atoms with Crippen molar-refractivity contribution in [3.63, 3.8) is 0 Å². The van der Waals surface area contributed by atoms with Gasteiger partial charge in [-0.2, -0.15) is 0 Å². The van der Waals surface area contributed by atoms with E-state index >= 15 is 0 Å². The highest BCUT2D eigenvalue weighted by atomic mass is 79.9. The summed E-state index contributed by atoms with van der Waals surface area (Å²) in [5.41, 5.74) is 1.80. The van der Waals surface area contributed by atoms with Gasteiger partial charge in [-0.15, -0.1) is 0 Å². The standard InChI is InChI=1S/C17H27BrN2O/c1-6-13(7-2)16(20(4)5)11-19-17(21)14-8-9-15(18)12(3)10-14/h8-10,13,16H,6-7,11H2,1-5H3,(H,19,21). The predicted molar refractivity (Wildman–Crippen MR) is 92.8 cm³/mol. The molecule has 0 bridgehead atoms. The van der Waals surface area contributed by atoms with Crippen molar-refractivity contribution in [1.82, 2.24) is 10.2 Å². The minimum absolute atomic E-state index is 0.00315. The number of likely N-dealkylation sites (N-methyl/N-ethyl adjacent to an activating group) is 1. The Morgan fingerprint density at radius 1 is 1.29 bits per heavy atom. The fraction of sp³-hybridized carbons (Fsp3) is 0.588. The number of nitrogens with one attached hydrogen (secondary N) is 1. The van der Waals surface area contributed by atoms with Crippen LogP contribution in [-0.2, 0) is 0 Å². The van der Waals surface area contributed by atoms with Gasteiger partial charge in [-0.25, -0.2) is 0 Å². The van der Waals surface area contributed by atoms with E-state index in [1.165, 1.54) is 0 Å². The summed E-state index contributed by atoms with van der Waals surface area (Å²) in [5, 5.41) is 3.08. The molecule has 1 unspecified atom stereocenters. The van der Waals surface area contributed by atoms with E-state index in [0.29, 0.717) is 18.5 Å². The average Bonchev–Trinajstić information content (AvgIpc) is 2.45. The third-order valence-electron chi connectivity index (χ3n) is 4.15. The molecule has 1 atom stereocenters. The largest absolute Gasteiger partial charge is 0.350 e. The zero-order valence-electron chi connectivity index (χ0n) is 13.7. The zero-order valence-corrected chi connectivity index (χ0v) is 15.3. The molecule has 0 spiro atoms. The van der Waals surface area contributed by atoms with Crippen molar-refractivity contribution in [2.45, 2.75) is 39.7 Å². The van der Waals surface area contributed by atoms with Gasteiger partial charge in [0.15, 0.2) is 0 Å². The van der Waals surface area contributed by atoms with Crippen molar-refractivity contribution in [1.29, 1.82) is 0 Å². The number of carbonyl (C=O) groups excluding carboxylic acids is 1. The van der Waals surface area contributed by atoms with Crippen LogP contribution in [0.15, 0.2) is 22.7 Å². The molecule has 1 amide bonds. The molecule has 0 heterocycles. The number of nitrogens with zero attached hydrogens (tertiary/aromatic N) is 1. The number of halogens is 1. The highest BCUT2D eigenvalue weighted by Crippen LogP contribution is 2.18. The summed E-state index contributed by atoms with van der Waals surface area (Å²) in [5.74, 6) is 0.607. The van der Waals surface area contributed by atoms with Crippen molar-refractivity contribution < 1.29 is 4.79 Å². The minimum Gasteiger partial charge on any atom is -0.350 e. The van der Waals surface area contributed by atoms with Crippen molar-refractivity contribution in [3.8, 4) is 0 Å². The van der Waals surface area contributed by atoms with Gasteiger partial charge >= 0.3 is 0 Å². The van der Waals surface area contributed by atoms with Crippen molar-refractivity contribution in [2.24, 2.45) is 5.92 Å². The van der Waals surface area contributed by atoms with Gasteiger partial charge in [0, 0.05) is 22.6 Å². The minimum atomic E-state index is 0.00315. The maximum Gasteiger partial charge on any atom is 0.251 e. The molecule has 3 nitrogen and oxygen atoms in total. The third kappa shape index (κ3) is 5.11. The average molecular weight is 355 g/mol. The Balaban J connectivity index is 2.71. The van der Waals surface area contributed by atoms with Crippen LogP contribution in [0.4, 0.5) is 0 Å². The molecule has 0 aliphatic heterocycles. The molecule has 0 saturated carbocycles. The second-order valence-corrected chi connectivity index (χ2v) is 6.64. The number of hydrogen-bond acceptors (Lipinski definition) is 2. The molecule has 0 fully saturated rings. The first-order valence-electron chi connectivity index (χ1n) is 7.61. The van der Waals surface area contributed by atoms with Crippen LogP contribution in [0.5, 0.6) is 0 Å². The lowest BCUT2D eigenvalue weighted by molar-refractivity contribution is 0.0928. The second kappa shape index (κ2) is 8.54. The van der Waals surface area contributed by atoms with E-state index in [4.69, 9.17) is 0 Å². The van der Waals surface area contributed by atoms with E-state index in [-0.39, 0.29) is 5.91 Å². The summed E-state index contributed by atoms with van der Waals surface area (Å²) in [7, 11) is 4.16. The Bertz CT molecular complexity index is 470. The maximum absolute atomic E-state index is 12.3. The van der Waals surface area contributed by atoms with Crippen molar-refractivity contribution in [3.05, 3.63) is 33.8 Å². The number of carbonyl (C=O) groups is 1. The first-order valence-corrected chi connectivity index (χ1v) is 8.40. The molecule has 0 aromatic heterocycles. The molecule has 1 rings (SSSR count). The Labute approximate surface area is 137 Å². The van der Waals surface area contributed by atoms with Gasteiger partial charge in [0.25, 0.3) is 5.91 Å². The van der Waals surface area contributed by atoms with Crippen molar-refractivity contribution >= 4 is 21.8 Å². The second-order valence-electron chi connectivity index (χ2n) is 5.78. The fourth-order valence-corrected chi connectivity index (χ4v) is 2.94. The van der Waals surface area contributed by atoms with E-state index in [1.54, 1.807) is 0 Å². The molecule has 1 aromatic rings. The van der Waals surface area contributed by atoms with E-state index < -0.39 is 0 Å². The smallest absolute Gasteiger partial charge is 0.251 e. The quantitative estimate of drug-likeness (QED) is 0.806. The van der Waals surface area contributed by atoms with Crippen LogP contribution in [-0.4, -0.2) is 37.5 Å². The lowest BCUT2D eigenvalue weighted by Gasteiger charge is -2.31. The topological polar surface area (TPSA) is 32.3 Å². The summed E-state index contributed by atoms with van der Waals surface area (Å²) in [6, 6.07) is 6.07. The molecule has 118 valence electrons. The fourth-order valence-electron chi connectivity index (χ4n) is 2.69. The highest BCUT2D eigenvalue weighted by molar-refractivity contribution is 9.10. The van der Waals surface area contributed by atoms with Crippen LogP contribution < -0.4 is 5.32 Å². The number of amides is 1. The summed E-state index contributed by atoms with van der Waals surface area (Å²) >= 11 is 3.46. The van der Waals surface area contributed by atoms with Gasteiger partial charge in [-0.05, 0) is 50.7 Å². The van der Waals surface area contributed by atoms with E-state index in [2.05, 4.69) is 54.1 Å². The number of benzene rings is 1. The number of rotatable bonds is 7. The summed E-state index contributed by atoms with van der Waals surface area (Å²) < 4.78 is 1.03. The molecule has 21 heavy (non-hydrogen) atoms. The van der Waals surface area contributed by atoms with Crippen LogP contribution in [0, 0.1) is 12.8 Å². The third-order valence-corrected chi connectivity index (χ3v) is 5.04. The van der Waals surface area contributed by atoms with Gasteiger partial charge in [-0.1, -0.05) is 42.6 Å². The van der Waals surface area contributed by atoms with E-state index in [0.717, 1.165) is 28.4 Å². The van der Waals surface area contributed by atoms with Gasteiger partial charge in [0.2, 0.25) is 0 Å². The molecule has 1 N–H and O–H groups in total. The summed E-state index contributed by atoms with van der Waals surface area (Å²) in [6.45, 7) is 7.11. The molecular formula is C17H27BrN2O. The monoisotopic (exact) mass is 354 g/mol. The van der Waals surface area contributed by atoms with Gasteiger partial charge < -0.3 is 10.2 Å². The van der Waals surface area contributed by atoms with Gasteiger partial charge in [-0.3, -0.25) is 4.79 Å². The van der Waals surface area contributed by atoms with Crippen LogP contribution in [0.1, 0.15) is 42.6 Å². The van der Waals surface area contributed by atoms with Crippen LogP contribution in [0.25, 0.3) is 0 Å². The molecule has 0 aliphatic carbocycles. The van der Waals surface area contributed by atoms with Crippen molar-refractivity contribution in [2.75, 3.05) is 20.6 Å². The lowest BCUT2D eigenvalue weighted by Crippen LogP contribution is -2.44. The molecule has 4 heteroatoms. The van der Waals surface area contributed by atoms with E-state index in [9.17, 15) is 4.79 Å². The summed E-state index contributed by atoms with van der Waals surface area (Å²) in [4.78, 5) is 14.5. The summed E-state index contributed by atoms with van der Waals surface area (Å²) in [6.07, 6.45) is 2.26. The molecule has 0 saturated heterocycles. The zero-order chi connectivity index (χ0) is 16.0. The predicted octanol–water partition coefficient (Wildman–Crippen LogP) is 3.85. The molecule has 1 aromatic carbocycles. The van der Waals surface area contributed by atoms with Gasteiger partial charge in [0.05, 0.1) is 0 Å². The van der Waals surface area contributed by atoms with Crippen LogP contribution in [0.3, 0.4) is 0 Å².